The molecule has 100 valence electrons. The van der Waals surface area contributed by atoms with Crippen molar-refractivity contribution in [3.63, 3.8) is 0 Å². The van der Waals surface area contributed by atoms with Crippen molar-refractivity contribution in [3.8, 4) is 0 Å². The summed E-state index contributed by atoms with van der Waals surface area (Å²) in [6, 6.07) is 8.35. The van der Waals surface area contributed by atoms with Crippen LogP contribution >= 0.6 is 11.6 Å². The summed E-state index contributed by atoms with van der Waals surface area (Å²) in [4.78, 5) is 0. The van der Waals surface area contributed by atoms with Crippen molar-refractivity contribution in [1.29, 1.82) is 0 Å². The van der Waals surface area contributed by atoms with E-state index in [2.05, 4.69) is 5.43 Å². The fourth-order valence-corrected chi connectivity index (χ4v) is 2.16. The van der Waals surface area contributed by atoms with E-state index in [4.69, 9.17) is 17.4 Å². The molecule has 0 spiro atoms. The van der Waals surface area contributed by atoms with Crippen LogP contribution in [0.4, 0.5) is 8.78 Å². The molecule has 0 saturated carbocycles. The highest BCUT2D eigenvalue weighted by molar-refractivity contribution is 6.30. The van der Waals surface area contributed by atoms with E-state index in [9.17, 15) is 8.78 Å². The van der Waals surface area contributed by atoms with Crippen LogP contribution in [0.5, 0.6) is 0 Å². The number of aryl methyl sites for hydroxylation is 1. The molecule has 2 aromatic rings. The molecule has 2 aromatic carbocycles. The summed E-state index contributed by atoms with van der Waals surface area (Å²) >= 11 is 5.74. The molecule has 0 heterocycles. The first kappa shape index (κ1) is 13.9. The maximum atomic E-state index is 14.0. The molecule has 0 radical (unpaired) electrons. The topological polar surface area (TPSA) is 38.0 Å². The third kappa shape index (κ3) is 2.76. The molecule has 0 bridgehead atoms. The first-order valence-electron chi connectivity index (χ1n) is 5.70. The Hall–Kier alpha value is -1.49. The Morgan fingerprint density at radius 2 is 1.89 bits per heavy atom. The summed E-state index contributed by atoms with van der Waals surface area (Å²) in [6.45, 7) is 1.82. The van der Waals surface area contributed by atoms with Crippen LogP contribution in [0.2, 0.25) is 5.02 Å². The highest BCUT2D eigenvalue weighted by Gasteiger charge is 2.21. The summed E-state index contributed by atoms with van der Waals surface area (Å²) in [6.07, 6.45) is 0. The van der Waals surface area contributed by atoms with Crippen molar-refractivity contribution in [3.05, 3.63) is 69.7 Å². The predicted molar refractivity (Wildman–Crippen MR) is 71.7 cm³/mol. The predicted octanol–water partition coefficient (Wildman–Crippen LogP) is 3.48. The standard InChI is InChI=1S/C14H13ClF2N2/c1-8-5-6-12(16)10(7-8)14(19-18)9-3-2-4-11(15)13(9)17/h2-7,14,19H,18H2,1H3. The number of benzene rings is 2. The minimum atomic E-state index is -0.793. The van der Waals surface area contributed by atoms with Gasteiger partial charge in [0, 0.05) is 11.1 Å². The van der Waals surface area contributed by atoms with Crippen LogP contribution in [-0.2, 0) is 0 Å². The highest BCUT2D eigenvalue weighted by atomic mass is 35.5. The molecule has 2 rings (SSSR count). The summed E-state index contributed by atoms with van der Waals surface area (Å²) in [5, 5.41) is -0.0224. The molecular formula is C14H13ClF2N2. The van der Waals surface area contributed by atoms with Gasteiger partial charge in [-0.15, -0.1) is 0 Å². The summed E-state index contributed by atoms with van der Waals surface area (Å²) in [5.41, 5.74) is 3.78. The van der Waals surface area contributed by atoms with Crippen LogP contribution < -0.4 is 11.3 Å². The van der Waals surface area contributed by atoms with E-state index in [1.807, 2.05) is 6.92 Å². The zero-order valence-corrected chi connectivity index (χ0v) is 11.0. The maximum absolute atomic E-state index is 14.0. The van der Waals surface area contributed by atoms with Gasteiger partial charge in [-0.3, -0.25) is 5.84 Å². The van der Waals surface area contributed by atoms with Crippen LogP contribution in [0.25, 0.3) is 0 Å². The van der Waals surface area contributed by atoms with Crippen molar-refractivity contribution < 1.29 is 8.78 Å². The van der Waals surface area contributed by atoms with Gasteiger partial charge in [-0.1, -0.05) is 41.4 Å². The Labute approximate surface area is 115 Å². The van der Waals surface area contributed by atoms with Gasteiger partial charge in [0.25, 0.3) is 0 Å². The lowest BCUT2D eigenvalue weighted by molar-refractivity contribution is 0.531. The molecule has 1 unspecified atom stereocenters. The van der Waals surface area contributed by atoms with Crippen LogP contribution in [0.3, 0.4) is 0 Å². The van der Waals surface area contributed by atoms with Gasteiger partial charge < -0.3 is 0 Å². The molecule has 5 heteroatoms. The van der Waals surface area contributed by atoms with Gasteiger partial charge in [-0.25, -0.2) is 14.2 Å². The van der Waals surface area contributed by atoms with E-state index in [0.29, 0.717) is 0 Å². The number of hydrazine groups is 1. The molecule has 0 amide bonds. The Morgan fingerprint density at radius 3 is 2.58 bits per heavy atom. The van der Waals surface area contributed by atoms with Gasteiger partial charge in [0.05, 0.1) is 11.1 Å². The Bertz CT molecular complexity index is 600. The molecule has 3 N–H and O–H groups in total. The smallest absolute Gasteiger partial charge is 0.146 e. The molecule has 0 saturated heterocycles. The molecule has 2 nitrogen and oxygen atoms in total. The number of nitrogens with two attached hydrogens (primary N) is 1. The van der Waals surface area contributed by atoms with Crippen LogP contribution in [0.15, 0.2) is 36.4 Å². The van der Waals surface area contributed by atoms with Crippen molar-refractivity contribution in [2.45, 2.75) is 13.0 Å². The number of nitrogens with one attached hydrogen (secondary N) is 1. The quantitative estimate of drug-likeness (QED) is 0.668. The summed E-state index contributed by atoms with van der Waals surface area (Å²) in [5.74, 6) is 4.39. The van der Waals surface area contributed by atoms with Crippen molar-refractivity contribution in [2.75, 3.05) is 0 Å². The van der Waals surface area contributed by atoms with Crippen LogP contribution in [0.1, 0.15) is 22.7 Å². The molecule has 19 heavy (non-hydrogen) atoms. The summed E-state index contributed by atoms with van der Waals surface area (Å²) < 4.78 is 27.9. The number of hydrogen-bond acceptors (Lipinski definition) is 2. The van der Waals surface area contributed by atoms with E-state index in [-0.39, 0.29) is 16.1 Å². The second kappa shape index (κ2) is 5.65. The zero-order chi connectivity index (χ0) is 14.0. The van der Waals surface area contributed by atoms with E-state index in [0.717, 1.165) is 5.56 Å². The monoisotopic (exact) mass is 282 g/mol. The second-order valence-corrected chi connectivity index (χ2v) is 4.67. The average Bonchev–Trinajstić information content (AvgIpc) is 2.39. The summed E-state index contributed by atoms with van der Waals surface area (Å²) in [7, 11) is 0. The molecule has 0 aliphatic rings. The van der Waals surface area contributed by atoms with Crippen molar-refractivity contribution >= 4 is 11.6 Å². The average molecular weight is 283 g/mol. The van der Waals surface area contributed by atoms with E-state index in [1.54, 1.807) is 18.2 Å². The van der Waals surface area contributed by atoms with Gasteiger partial charge >= 0.3 is 0 Å². The lowest BCUT2D eigenvalue weighted by Gasteiger charge is -2.19. The zero-order valence-electron chi connectivity index (χ0n) is 10.3. The minimum absolute atomic E-state index is 0.0224. The van der Waals surface area contributed by atoms with E-state index < -0.39 is 17.7 Å². The lowest BCUT2D eigenvalue weighted by Crippen LogP contribution is -2.30. The lowest BCUT2D eigenvalue weighted by atomic mass is 9.97. The molecule has 0 aliphatic heterocycles. The first-order valence-corrected chi connectivity index (χ1v) is 6.08. The van der Waals surface area contributed by atoms with E-state index >= 15 is 0 Å². The first-order chi connectivity index (χ1) is 9.04. The van der Waals surface area contributed by atoms with Gasteiger partial charge in [-0.2, -0.15) is 0 Å². The number of rotatable bonds is 3. The Kier molecular flexibility index (Phi) is 4.14. The third-order valence-corrected chi connectivity index (χ3v) is 3.21. The molecule has 0 aliphatic carbocycles. The van der Waals surface area contributed by atoms with E-state index in [1.165, 1.54) is 18.2 Å². The SMILES string of the molecule is Cc1ccc(F)c(C(NN)c2cccc(Cl)c2F)c1. The number of hydrogen-bond donors (Lipinski definition) is 2. The third-order valence-electron chi connectivity index (χ3n) is 2.92. The van der Waals surface area contributed by atoms with Crippen molar-refractivity contribution in [1.82, 2.24) is 5.43 Å². The van der Waals surface area contributed by atoms with Crippen LogP contribution in [0, 0.1) is 18.6 Å². The Balaban J connectivity index is 2.56. The van der Waals surface area contributed by atoms with Gasteiger partial charge in [0.2, 0.25) is 0 Å². The highest BCUT2D eigenvalue weighted by Crippen LogP contribution is 2.29. The molecule has 1 atom stereocenters. The number of halogens is 3. The maximum Gasteiger partial charge on any atom is 0.146 e. The van der Waals surface area contributed by atoms with Crippen LogP contribution in [-0.4, -0.2) is 0 Å². The molecule has 0 fully saturated rings. The van der Waals surface area contributed by atoms with Gasteiger partial charge in [0.1, 0.15) is 11.6 Å². The molecular weight excluding hydrogens is 270 g/mol. The van der Waals surface area contributed by atoms with Crippen molar-refractivity contribution in [2.24, 2.45) is 5.84 Å². The van der Waals surface area contributed by atoms with Gasteiger partial charge in [0.15, 0.2) is 0 Å². The van der Waals surface area contributed by atoms with Gasteiger partial charge in [-0.05, 0) is 19.1 Å². The second-order valence-electron chi connectivity index (χ2n) is 4.27. The fourth-order valence-electron chi connectivity index (χ4n) is 1.97. The molecule has 0 aromatic heterocycles. The Morgan fingerprint density at radius 1 is 1.16 bits per heavy atom. The normalized spacial score (nSPS) is 12.5. The fraction of sp³-hybridized carbons (Fsp3) is 0.143. The largest absolute Gasteiger partial charge is 0.271 e. The minimum Gasteiger partial charge on any atom is -0.271 e.